The van der Waals surface area contributed by atoms with Crippen LogP contribution >= 0.6 is 0 Å². The van der Waals surface area contributed by atoms with Gasteiger partial charge in [-0.25, -0.2) is 0 Å². The molecule has 1 unspecified atom stereocenters. The van der Waals surface area contributed by atoms with Crippen molar-refractivity contribution in [2.75, 3.05) is 5.32 Å². The van der Waals surface area contributed by atoms with E-state index in [1.807, 2.05) is 31.2 Å². The van der Waals surface area contributed by atoms with Crippen molar-refractivity contribution in [2.45, 2.75) is 19.4 Å². The van der Waals surface area contributed by atoms with Gasteiger partial charge in [-0.05, 0) is 24.6 Å². The van der Waals surface area contributed by atoms with Gasteiger partial charge < -0.3 is 5.32 Å². The zero-order chi connectivity index (χ0) is 10.8. The van der Waals surface area contributed by atoms with E-state index in [9.17, 15) is 9.59 Å². The standard InChI is InChI=1S/C11H12N2O2/c1-7-3-2-4-8(5-7)12-9-6-10(14)13-11(9)15/h2-5,9,12H,6H2,1H3,(H,13,14,15). The maximum Gasteiger partial charge on any atom is 0.249 e. The number of carbonyl (C=O) groups is 2. The number of amides is 2. The van der Waals surface area contributed by atoms with Crippen LogP contribution in [0.2, 0.25) is 0 Å². The van der Waals surface area contributed by atoms with Gasteiger partial charge in [-0.1, -0.05) is 12.1 Å². The van der Waals surface area contributed by atoms with E-state index in [4.69, 9.17) is 0 Å². The Morgan fingerprint density at radius 2 is 2.20 bits per heavy atom. The van der Waals surface area contributed by atoms with Crippen LogP contribution in [-0.4, -0.2) is 17.9 Å². The zero-order valence-corrected chi connectivity index (χ0v) is 8.41. The first-order valence-electron chi connectivity index (χ1n) is 4.82. The summed E-state index contributed by atoms with van der Waals surface area (Å²) < 4.78 is 0. The van der Waals surface area contributed by atoms with Crippen LogP contribution in [0.1, 0.15) is 12.0 Å². The average Bonchev–Trinajstić information content (AvgIpc) is 2.45. The van der Waals surface area contributed by atoms with Crippen LogP contribution in [0.5, 0.6) is 0 Å². The van der Waals surface area contributed by atoms with Gasteiger partial charge in [0.05, 0.1) is 6.42 Å². The summed E-state index contributed by atoms with van der Waals surface area (Å²) in [5, 5.41) is 5.29. The van der Waals surface area contributed by atoms with E-state index in [0.717, 1.165) is 11.3 Å². The van der Waals surface area contributed by atoms with Crippen molar-refractivity contribution in [2.24, 2.45) is 0 Å². The molecule has 0 bridgehead atoms. The van der Waals surface area contributed by atoms with Crippen LogP contribution in [0.25, 0.3) is 0 Å². The second-order valence-electron chi connectivity index (χ2n) is 3.68. The molecule has 4 nitrogen and oxygen atoms in total. The van der Waals surface area contributed by atoms with Crippen molar-refractivity contribution in [3.8, 4) is 0 Å². The lowest BCUT2D eigenvalue weighted by Gasteiger charge is -2.10. The molecule has 1 heterocycles. The van der Waals surface area contributed by atoms with E-state index in [0.29, 0.717) is 0 Å². The minimum atomic E-state index is -0.431. The molecule has 2 rings (SSSR count). The van der Waals surface area contributed by atoms with E-state index < -0.39 is 6.04 Å². The highest BCUT2D eigenvalue weighted by molar-refractivity contribution is 6.06. The predicted molar refractivity (Wildman–Crippen MR) is 56.4 cm³/mol. The summed E-state index contributed by atoms with van der Waals surface area (Å²) in [7, 11) is 0. The van der Waals surface area contributed by atoms with Crippen molar-refractivity contribution < 1.29 is 9.59 Å². The molecule has 15 heavy (non-hydrogen) atoms. The van der Waals surface area contributed by atoms with Crippen LogP contribution in [0.3, 0.4) is 0 Å². The Hall–Kier alpha value is -1.84. The maximum atomic E-state index is 11.3. The van der Waals surface area contributed by atoms with Crippen LogP contribution in [-0.2, 0) is 9.59 Å². The second-order valence-corrected chi connectivity index (χ2v) is 3.68. The van der Waals surface area contributed by atoms with E-state index in [-0.39, 0.29) is 18.2 Å². The number of nitrogens with one attached hydrogen (secondary N) is 2. The van der Waals surface area contributed by atoms with Crippen molar-refractivity contribution in [3.05, 3.63) is 29.8 Å². The van der Waals surface area contributed by atoms with Crippen LogP contribution < -0.4 is 10.6 Å². The second kappa shape index (κ2) is 3.73. The molecule has 1 fully saturated rings. The van der Waals surface area contributed by atoms with Crippen molar-refractivity contribution >= 4 is 17.5 Å². The Morgan fingerprint density at radius 1 is 1.40 bits per heavy atom. The maximum absolute atomic E-state index is 11.3. The van der Waals surface area contributed by atoms with Gasteiger partial charge in [0, 0.05) is 5.69 Å². The zero-order valence-electron chi connectivity index (χ0n) is 8.41. The molecule has 2 amide bonds. The highest BCUT2D eigenvalue weighted by Crippen LogP contribution is 2.14. The molecule has 0 aromatic heterocycles. The Balaban J connectivity index is 2.09. The van der Waals surface area contributed by atoms with Crippen LogP contribution in [0.4, 0.5) is 5.69 Å². The quantitative estimate of drug-likeness (QED) is 0.701. The monoisotopic (exact) mass is 204 g/mol. The Labute approximate surface area is 87.7 Å². The summed E-state index contributed by atoms with van der Waals surface area (Å²) in [6.45, 7) is 1.98. The number of imide groups is 1. The largest absolute Gasteiger partial charge is 0.373 e. The highest BCUT2D eigenvalue weighted by atomic mass is 16.2. The van der Waals surface area contributed by atoms with Gasteiger partial charge in [0.1, 0.15) is 6.04 Å². The average molecular weight is 204 g/mol. The molecule has 0 radical (unpaired) electrons. The number of benzene rings is 1. The van der Waals surface area contributed by atoms with E-state index in [1.165, 1.54) is 0 Å². The van der Waals surface area contributed by atoms with E-state index in [2.05, 4.69) is 10.6 Å². The summed E-state index contributed by atoms with van der Waals surface area (Å²) in [4.78, 5) is 22.2. The summed E-state index contributed by atoms with van der Waals surface area (Å²) in [6.07, 6.45) is 0.215. The molecule has 1 aromatic rings. The summed E-state index contributed by atoms with van der Waals surface area (Å²) in [5.41, 5.74) is 1.98. The number of carbonyl (C=O) groups excluding carboxylic acids is 2. The molecule has 2 N–H and O–H groups in total. The number of anilines is 1. The van der Waals surface area contributed by atoms with Gasteiger partial charge in [0.2, 0.25) is 11.8 Å². The van der Waals surface area contributed by atoms with Gasteiger partial charge >= 0.3 is 0 Å². The number of aryl methyl sites for hydroxylation is 1. The SMILES string of the molecule is Cc1cccc(NC2CC(=O)NC2=O)c1. The normalized spacial score (nSPS) is 20.2. The first kappa shape index (κ1) is 9.71. The molecular weight excluding hydrogens is 192 g/mol. The fourth-order valence-electron chi connectivity index (χ4n) is 1.61. The lowest BCUT2D eigenvalue weighted by molar-refractivity contribution is -0.124. The third kappa shape index (κ3) is 2.15. The number of hydrogen-bond donors (Lipinski definition) is 2. The number of hydrogen-bond acceptors (Lipinski definition) is 3. The van der Waals surface area contributed by atoms with Gasteiger partial charge in [0.15, 0.2) is 0 Å². The van der Waals surface area contributed by atoms with Gasteiger partial charge in [-0.2, -0.15) is 0 Å². The smallest absolute Gasteiger partial charge is 0.249 e. The minimum Gasteiger partial charge on any atom is -0.373 e. The molecular formula is C11H12N2O2. The van der Waals surface area contributed by atoms with Crippen molar-refractivity contribution in [1.29, 1.82) is 0 Å². The van der Waals surface area contributed by atoms with Gasteiger partial charge in [-0.3, -0.25) is 14.9 Å². The first-order valence-corrected chi connectivity index (χ1v) is 4.82. The predicted octanol–water partition coefficient (Wildman–Crippen LogP) is 0.822. The Morgan fingerprint density at radius 3 is 2.80 bits per heavy atom. The fraction of sp³-hybridized carbons (Fsp3) is 0.273. The topological polar surface area (TPSA) is 58.2 Å². The van der Waals surface area contributed by atoms with Gasteiger partial charge in [0.25, 0.3) is 0 Å². The molecule has 0 saturated carbocycles. The summed E-state index contributed by atoms with van der Waals surface area (Å²) in [5.74, 6) is -0.466. The molecule has 1 aromatic carbocycles. The third-order valence-electron chi connectivity index (χ3n) is 2.33. The first-order chi connectivity index (χ1) is 7.15. The Kier molecular flexibility index (Phi) is 2.41. The minimum absolute atomic E-state index is 0.215. The molecule has 1 aliphatic heterocycles. The van der Waals surface area contributed by atoms with E-state index in [1.54, 1.807) is 0 Å². The molecule has 1 saturated heterocycles. The molecule has 4 heteroatoms. The Bertz CT molecular complexity index is 415. The van der Waals surface area contributed by atoms with Crippen molar-refractivity contribution in [1.82, 2.24) is 5.32 Å². The lowest BCUT2D eigenvalue weighted by Crippen LogP contribution is -2.29. The number of rotatable bonds is 2. The van der Waals surface area contributed by atoms with Crippen LogP contribution in [0.15, 0.2) is 24.3 Å². The summed E-state index contributed by atoms with van der Waals surface area (Å²) in [6, 6.07) is 7.27. The third-order valence-corrected chi connectivity index (χ3v) is 2.33. The molecule has 1 atom stereocenters. The van der Waals surface area contributed by atoms with Crippen molar-refractivity contribution in [3.63, 3.8) is 0 Å². The molecule has 1 aliphatic rings. The molecule has 0 aliphatic carbocycles. The molecule has 78 valence electrons. The highest BCUT2D eigenvalue weighted by Gasteiger charge is 2.30. The molecule has 0 spiro atoms. The van der Waals surface area contributed by atoms with Crippen LogP contribution in [0, 0.1) is 6.92 Å². The summed E-state index contributed by atoms with van der Waals surface area (Å²) >= 11 is 0. The van der Waals surface area contributed by atoms with Gasteiger partial charge in [-0.15, -0.1) is 0 Å². The van der Waals surface area contributed by atoms with E-state index >= 15 is 0 Å². The fourth-order valence-corrected chi connectivity index (χ4v) is 1.61. The lowest BCUT2D eigenvalue weighted by atomic mass is 10.2.